The van der Waals surface area contributed by atoms with Gasteiger partial charge in [0.05, 0.1) is 16.0 Å². The average molecular weight is 915 g/mol. The topological polar surface area (TPSA) is 178 Å². The number of ether oxygens (including phenoxy) is 2. The van der Waals surface area contributed by atoms with E-state index in [1.807, 2.05) is 106 Å². The summed E-state index contributed by atoms with van der Waals surface area (Å²) >= 11 is 0. The van der Waals surface area contributed by atoms with Gasteiger partial charge in [-0.05, 0) is 152 Å². The highest BCUT2D eigenvalue weighted by Crippen LogP contribution is 2.48. The number of phenols is 1. The number of piperidine rings is 2. The van der Waals surface area contributed by atoms with Gasteiger partial charge in [0.1, 0.15) is 23.2 Å². The van der Waals surface area contributed by atoms with Crippen LogP contribution in [0.5, 0.6) is 11.5 Å². The van der Waals surface area contributed by atoms with E-state index in [9.17, 15) is 35.2 Å². The van der Waals surface area contributed by atoms with E-state index in [2.05, 4.69) is 23.5 Å². The van der Waals surface area contributed by atoms with Crippen LogP contribution in [0.15, 0.2) is 133 Å². The number of rotatable bonds is 6. The van der Waals surface area contributed by atoms with Crippen LogP contribution in [0, 0.1) is 20.2 Å². The molecule has 348 valence electrons. The number of benzene rings is 6. The number of nitro groups is 2. The normalized spacial score (nSPS) is 16.3. The maximum Gasteiger partial charge on any atom is 0.410 e. The zero-order valence-corrected chi connectivity index (χ0v) is 38.3. The first-order valence-electron chi connectivity index (χ1n) is 22.8. The van der Waals surface area contributed by atoms with E-state index in [1.165, 1.54) is 6.07 Å². The van der Waals surface area contributed by atoms with E-state index >= 15 is 0 Å². The quantitative estimate of drug-likeness (QED) is 0.107. The van der Waals surface area contributed by atoms with E-state index in [0.717, 1.165) is 92.9 Å². The van der Waals surface area contributed by atoms with E-state index in [4.69, 9.17) is 9.47 Å². The highest BCUT2D eigenvalue weighted by molar-refractivity contribution is 6.08. The standard InChI is InChI=1S/C25H22N2O3.C20H13NO3.C10H19NO3/c28-27(29)18-9-10-22-20-6-2-3-7-21(20)23(24(22)16-18)15-17-5-1-4-8-25(17)30-19-11-13-26-14-12-19;22-20-8-4-1-5-13(20)11-18-16-7-3-2-6-15(16)17-10-9-14(21(23)24)12-19(17)18;1-10(2,3)14-9(13)11-6-4-8(12)5-7-11/h1-10,15-16,19,26H,11-14H2;1-12,22H;8,12H,4-7H2,1-3H3. The second-order valence-electron chi connectivity index (χ2n) is 18.0. The van der Waals surface area contributed by atoms with E-state index in [1.54, 1.807) is 41.3 Å². The molecule has 2 fully saturated rings. The van der Waals surface area contributed by atoms with Crippen LogP contribution in [0.3, 0.4) is 0 Å². The van der Waals surface area contributed by atoms with Crippen molar-refractivity contribution in [1.29, 1.82) is 0 Å². The minimum atomic E-state index is -0.437. The van der Waals surface area contributed by atoms with Crippen LogP contribution in [0.25, 0.3) is 45.6 Å². The van der Waals surface area contributed by atoms with E-state index in [-0.39, 0.29) is 45.3 Å². The number of carbonyl (C=O) groups is 1. The number of hydrogen-bond acceptors (Lipinski definition) is 10. The van der Waals surface area contributed by atoms with Crippen LogP contribution < -0.4 is 10.1 Å². The summed E-state index contributed by atoms with van der Waals surface area (Å²) in [6, 6.07) is 41.1. The van der Waals surface area contributed by atoms with Gasteiger partial charge in [0.25, 0.3) is 11.4 Å². The molecule has 2 aliphatic carbocycles. The second-order valence-corrected chi connectivity index (χ2v) is 18.0. The Kier molecular flexibility index (Phi) is 14.1. The molecular formula is C55H54N4O9. The third kappa shape index (κ3) is 10.8. The summed E-state index contributed by atoms with van der Waals surface area (Å²) < 4.78 is 11.6. The Bertz CT molecular complexity index is 2910. The van der Waals surface area contributed by atoms with Crippen LogP contribution >= 0.6 is 0 Å². The van der Waals surface area contributed by atoms with Gasteiger partial charge in [0, 0.05) is 48.5 Å². The molecule has 2 heterocycles. The maximum atomic E-state index is 11.5. The number of non-ortho nitro benzene ring substituents is 2. The molecule has 13 heteroatoms. The number of nitrogens with one attached hydrogen (secondary N) is 1. The van der Waals surface area contributed by atoms with Crippen LogP contribution in [-0.2, 0) is 4.74 Å². The van der Waals surface area contributed by atoms with E-state index in [0.29, 0.717) is 31.5 Å². The van der Waals surface area contributed by atoms with Gasteiger partial charge in [-0.15, -0.1) is 0 Å². The zero-order valence-electron chi connectivity index (χ0n) is 38.3. The van der Waals surface area contributed by atoms with Crippen molar-refractivity contribution in [3.63, 3.8) is 0 Å². The predicted molar refractivity (Wildman–Crippen MR) is 265 cm³/mol. The molecule has 0 bridgehead atoms. The van der Waals surface area contributed by atoms with Crippen LogP contribution in [0.2, 0.25) is 0 Å². The largest absolute Gasteiger partial charge is 0.507 e. The number of amides is 1. The van der Waals surface area contributed by atoms with Crippen LogP contribution in [-0.4, -0.2) is 75.0 Å². The fraction of sp³-hybridized carbons (Fsp3) is 0.255. The molecule has 3 N–H and O–H groups in total. The maximum absolute atomic E-state index is 11.5. The van der Waals surface area contributed by atoms with Crippen molar-refractivity contribution < 1.29 is 34.3 Å². The summed E-state index contributed by atoms with van der Waals surface area (Å²) in [5.74, 6) is 1.04. The third-order valence-corrected chi connectivity index (χ3v) is 12.2. The van der Waals surface area contributed by atoms with Gasteiger partial charge in [0.2, 0.25) is 0 Å². The SMILES string of the molecule is CC(C)(C)OC(=O)N1CCC(O)CC1.O=[N+]([O-])c1ccc2c(c1)C(=Cc1ccccc1O)c1ccccc1-2.O=[N+]([O-])c1ccc2c(c1)C(=Cc1ccccc1OC1CCNCC1)c1ccccc1-2. The molecule has 1 amide bonds. The molecule has 0 aromatic heterocycles. The lowest BCUT2D eigenvalue weighted by molar-refractivity contribution is -0.385. The molecule has 6 aromatic carbocycles. The molecule has 0 saturated carbocycles. The number of likely N-dealkylation sites (tertiary alicyclic amines) is 1. The molecule has 6 aromatic rings. The summed E-state index contributed by atoms with van der Waals surface area (Å²) in [6.45, 7) is 8.68. The number of carbonyl (C=O) groups excluding carboxylic acids is 1. The molecule has 0 atom stereocenters. The number of fused-ring (bicyclic) bond motifs is 6. The number of hydrogen-bond donors (Lipinski definition) is 3. The molecule has 4 aliphatic rings. The van der Waals surface area contributed by atoms with Gasteiger partial charge in [-0.1, -0.05) is 84.9 Å². The third-order valence-electron chi connectivity index (χ3n) is 12.2. The Labute approximate surface area is 395 Å². The van der Waals surface area contributed by atoms with Crippen molar-refractivity contribution in [2.24, 2.45) is 0 Å². The number of nitro benzene ring substituents is 2. The summed E-state index contributed by atoms with van der Waals surface area (Å²) in [5.41, 5.74) is 11.2. The number of nitrogens with zero attached hydrogens (tertiary/aromatic N) is 3. The summed E-state index contributed by atoms with van der Waals surface area (Å²) in [6.07, 6.45) is 6.94. The van der Waals surface area contributed by atoms with Crippen LogP contribution in [0.4, 0.5) is 16.2 Å². The summed E-state index contributed by atoms with van der Waals surface area (Å²) in [5, 5.41) is 45.2. The van der Waals surface area contributed by atoms with Crippen molar-refractivity contribution in [1.82, 2.24) is 10.2 Å². The minimum Gasteiger partial charge on any atom is -0.507 e. The Balaban J connectivity index is 0.000000147. The van der Waals surface area contributed by atoms with Gasteiger partial charge in [-0.3, -0.25) is 20.2 Å². The van der Waals surface area contributed by atoms with Crippen LogP contribution in [0.1, 0.15) is 79.8 Å². The molecule has 68 heavy (non-hydrogen) atoms. The molecule has 0 spiro atoms. The molecule has 0 radical (unpaired) electrons. The van der Waals surface area contributed by atoms with Gasteiger partial charge in [-0.25, -0.2) is 4.79 Å². The molecule has 10 rings (SSSR count). The van der Waals surface area contributed by atoms with Crippen molar-refractivity contribution in [3.8, 4) is 33.8 Å². The molecular weight excluding hydrogens is 861 g/mol. The highest BCUT2D eigenvalue weighted by atomic mass is 16.6. The Hall–Kier alpha value is -7.61. The first-order valence-corrected chi connectivity index (χ1v) is 22.8. The van der Waals surface area contributed by atoms with Gasteiger partial charge >= 0.3 is 6.09 Å². The summed E-state index contributed by atoms with van der Waals surface area (Å²) in [4.78, 5) is 35.0. The smallest absolute Gasteiger partial charge is 0.410 e. The van der Waals surface area contributed by atoms with E-state index < -0.39 is 5.60 Å². The fourth-order valence-corrected chi connectivity index (χ4v) is 8.81. The lowest BCUT2D eigenvalue weighted by atomic mass is 10.00. The monoisotopic (exact) mass is 914 g/mol. The number of aliphatic hydroxyl groups is 1. The fourth-order valence-electron chi connectivity index (χ4n) is 8.81. The zero-order chi connectivity index (χ0) is 48.0. The lowest BCUT2D eigenvalue weighted by Crippen LogP contribution is -2.42. The van der Waals surface area contributed by atoms with Crippen molar-refractivity contribution in [3.05, 3.63) is 187 Å². The van der Waals surface area contributed by atoms with Crippen molar-refractivity contribution >= 4 is 40.8 Å². The molecule has 13 nitrogen and oxygen atoms in total. The first-order chi connectivity index (χ1) is 32.7. The lowest BCUT2D eigenvalue weighted by Gasteiger charge is -2.31. The number of aliphatic hydroxyl groups excluding tert-OH is 1. The average Bonchev–Trinajstić information content (AvgIpc) is 3.81. The summed E-state index contributed by atoms with van der Waals surface area (Å²) in [7, 11) is 0. The minimum absolute atomic E-state index is 0.0599. The highest BCUT2D eigenvalue weighted by Gasteiger charge is 2.28. The van der Waals surface area contributed by atoms with Gasteiger partial charge in [0.15, 0.2) is 0 Å². The first kappa shape index (κ1) is 46.9. The molecule has 2 aliphatic heterocycles. The Morgan fingerprint density at radius 3 is 1.60 bits per heavy atom. The van der Waals surface area contributed by atoms with Gasteiger partial charge in [-0.2, -0.15) is 0 Å². The Morgan fingerprint density at radius 1 is 0.632 bits per heavy atom. The van der Waals surface area contributed by atoms with Crippen molar-refractivity contribution in [2.75, 3.05) is 26.2 Å². The number of phenolic OH excluding ortho intramolecular Hbond substituents is 1. The number of aromatic hydroxyl groups is 1. The molecule has 0 unspecified atom stereocenters. The van der Waals surface area contributed by atoms with Gasteiger partial charge < -0.3 is 29.9 Å². The number of para-hydroxylation sites is 2. The predicted octanol–water partition coefficient (Wildman–Crippen LogP) is 11.5. The second kappa shape index (κ2) is 20.5. The Morgan fingerprint density at radius 2 is 1.09 bits per heavy atom. The van der Waals surface area contributed by atoms with Crippen molar-refractivity contribution in [2.45, 2.75) is 64.3 Å². The molecule has 2 saturated heterocycles.